The molecule has 0 aliphatic carbocycles. The van der Waals surface area contributed by atoms with Crippen molar-refractivity contribution in [3.05, 3.63) is 83.2 Å². The number of benzene rings is 3. The van der Waals surface area contributed by atoms with Crippen LogP contribution >= 0.6 is 11.3 Å². The van der Waals surface area contributed by atoms with Crippen molar-refractivity contribution < 1.29 is 33.3 Å². The second-order valence-electron chi connectivity index (χ2n) is 8.41. The van der Waals surface area contributed by atoms with Crippen molar-refractivity contribution in [3.63, 3.8) is 0 Å². The molecule has 0 saturated carbocycles. The third kappa shape index (κ3) is 3.86. The first-order chi connectivity index (χ1) is 17.9. The standard InChI is InChI=1S/C27H19FN2O6S/c1-34-17-7-8-18-21(13-17)37-27(29-18)30-23(14-2-5-16(28)6-3-14)22(25(32)26(30)33)24(31)15-4-9-19-20(12-15)36-11-10-35-19/h2-9,12-13,23,31H,10-11H2,1H3/b24-22+/t23-/m0/s1. The van der Waals surface area contributed by atoms with Crippen molar-refractivity contribution in [2.75, 3.05) is 25.2 Å². The fourth-order valence-corrected chi connectivity index (χ4v) is 5.48. The Kier molecular flexibility index (Phi) is 5.53. The highest BCUT2D eigenvalue weighted by Gasteiger charge is 2.48. The van der Waals surface area contributed by atoms with Crippen LogP contribution in [0.1, 0.15) is 17.2 Å². The Balaban J connectivity index is 1.52. The summed E-state index contributed by atoms with van der Waals surface area (Å²) in [6, 6.07) is 14.5. The van der Waals surface area contributed by atoms with E-state index in [0.29, 0.717) is 41.5 Å². The number of thiazole rings is 1. The summed E-state index contributed by atoms with van der Waals surface area (Å²) in [5, 5.41) is 11.6. The second-order valence-corrected chi connectivity index (χ2v) is 9.42. The van der Waals surface area contributed by atoms with E-state index in [4.69, 9.17) is 14.2 Å². The van der Waals surface area contributed by atoms with E-state index in [-0.39, 0.29) is 22.0 Å². The van der Waals surface area contributed by atoms with E-state index in [1.165, 1.54) is 40.5 Å². The molecule has 2 aliphatic heterocycles. The summed E-state index contributed by atoms with van der Waals surface area (Å²) in [5.74, 6) is -1.02. The first kappa shape index (κ1) is 23.0. The predicted molar refractivity (Wildman–Crippen MR) is 135 cm³/mol. The van der Waals surface area contributed by atoms with Gasteiger partial charge in [0.05, 0.1) is 28.9 Å². The molecule has 186 valence electrons. The van der Waals surface area contributed by atoms with E-state index in [1.54, 1.807) is 43.5 Å². The number of hydrogen-bond donors (Lipinski definition) is 1. The van der Waals surface area contributed by atoms with Crippen molar-refractivity contribution in [1.29, 1.82) is 0 Å². The summed E-state index contributed by atoms with van der Waals surface area (Å²) in [7, 11) is 1.55. The van der Waals surface area contributed by atoms with Gasteiger partial charge in [0, 0.05) is 5.56 Å². The molecule has 0 spiro atoms. The Hall–Kier alpha value is -4.44. The molecule has 4 aromatic rings. The van der Waals surface area contributed by atoms with Crippen molar-refractivity contribution >= 4 is 44.1 Å². The van der Waals surface area contributed by atoms with E-state index >= 15 is 0 Å². The average Bonchev–Trinajstić information content (AvgIpc) is 3.46. The summed E-state index contributed by atoms with van der Waals surface area (Å²) < 4.78 is 31.0. The van der Waals surface area contributed by atoms with Crippen LogP contribution in [0.4, 0.5) is 9.52 Å². The van der Waals surface area contributed by atoms with Crippen molar-refractivity contribution in [1.82, 2.24) is 4.98 Å². The average molecular weight is 519 g/mol. The number of ether oxygens (including phenoxy) is 3. The molecule has 0 bridgehead atoms. The van der Waals surface area contributed by atoms with E-state index in [1.807, 2.05) is 0 Å². The molecule has 0 unspecified atom stereocenters. The largest absolute Gasteiger partial charge is 0.507 e. The zero-order valence-corrected chi connectivity index (χ0v) is 20.3. The maximum Gasteiger partial charge on any atom is 0.301 e. The number of ketones is 1. The van der Waals surface area contributed by atoms with Gasteiger partial charge in [-0.05, 0) is 54.1 Å². The van der Waals surface area contributed by atoms with Crippen LogP contribution in [0.25, 0.3) is 16.0 Å². The first-order valence-corrected chi connectivity index (χ1v) is 12.2. The van der Waals surface area contributed by atoms with Gasteiger partial charge < -0.3 is 19.3 Å². The molecule has 8 nitrogen and oxygen atoms in total. The Morgan fingerprint density at radius 2 is 1.81 bits per heavy atom. The van der Waals surface area contributed by atoms with Crippen LogP contribution in [0.2, 0.25) is 0 Å². The van der Waals surface area contributed by atoms with Crippen LogP contribution in [-0.4, -0.2) is 42.1 Å². The number of hydrogen-bond acceptors (Lipinski definition) is 8. The number of anilines is 1. The normalized spacial score (nSPS) is 18.4. The molecule has 3 aromatic carbocycles. The summed E-state index contributed by atoms with van der Waals surface area (Å²) >= 11 is 1.21. The van der Waals surface area contributed by atoms with E-state index < -0.39 is 23.5 Å². The molecule has 1 amide bonds. The molecule has 0 radical (unpaired) electrons. The highest BCUT2D eigenvalue weighted by atomic mass is 32.1. The molecule has 10 heteroatoms. The minimum atomic E-state index is -1.03. The maximum absolute atomic E-state index is 13.8. The summed E-state index contributed by atoms with van der Waals surface area (Å²) in [6.07, 6.45) is 0. The SMILES string of the molecule is COc1ccc2nc(N3C(=O)C(=O)/C(=C(/O)c4ccc5c(c4)OCCO5)[C@@H]3c3ccc(F)cc3)sc2c1. The lowest BCUT2D eigenvalue weighted by Crippen LogP contribution is -2.29. The molecule has 1 aromatic heterocycles. The Morgan fingerprint density at radius 1 is 1.05 bits per heavy atom. The maximum atomic E-state index is 13.8. The van der Waals surface area contributed by atoms with Crippen LogP contribution < -0.4 is 19.1 Å². The van der Waals surface area contributed by atoms with Gasteiger partial charge in [0.25, 0.3) is 5.78 Å². The lowest BCUT2D eigenvalue weighted by atomic mass is 9.95. The molecule has 37 heavy (non-hydrogen) atoms. The minimum absolute atomic E-state index is 0.134. The number of nitrogens with zero attached hydrogens (tertiary/aromatic N) is 2. The van der Waals surface area contributed by atoms with Gasteiger partial charge in [-0.1, -0.05) is 23.5 Å². The summed E-state index contributed by atoms with van der Waals surface area (Å²) in [4.78, 5) is 32.6. The van der Waals surface area contributed by atoms with Gasteiger partial charge in [0.15, 0.2) is 16.6 Å². The van der Waals surface area contributed by atoms with E-state index in [2.05, 4.69) is 4.98 Å². The number of aliphatic hydroxyl groups is 1. The van der Waals surface area contributed by atoms with Crippen LogP contribution in [0, 0.1) is 5.82 Å². The summed E-state index contributed by atoms with van der Waals surface area (Å²) in [5.41, 5.74) is 1.21. The fraction of sp³-hybridized carbons (Fsp3) is 0.148. The molecule has 2 aliphatic rings. The lowest BCUT2D eigenvalue weighted by molar-refractivity contribution is -0.132. The number of halogens is 1. The zero-order valence-electron chi connectivity index (χ0n) is 19.4. The molecule has 1 saturated heterocycles. The minimum Gasteiger partial charge on any atom is -0.507 e. The molecule has 1 atom stereocenters. The van der Waals surface area contributed by atoms with Gasteiger partial charge in [-0.15, -0.1) is 0 Å². The smallest absolute Gasteiger partial charge is 0.301 e. The highest BCUT2D eigenvalue weighted by molar-refractivity contribution is 7.22. The monoisotopic (exact) mass is 518 g/mol. The first-order valence-electron chi connectivity index (χ1n) is 11.4. The molecular formula is C27H19FN2O6S. The molecule has 3 heterocycles. The number of aliphatic hydroxyl groups excluding tert-OH is 1. The topological polar surface area (TPSA) is 98.2 Å². The van der Waals surface area contributed by atoms with Gasteiger partial charge in [0.2, 0.25) is 0 Å². The van der Waals surface area contributed by atoms with E-state index in [0.717, 1.165) is 4.70 Å². The summed E-state index contributed by atoms with van der Waals surface area (Å²) in [6.45, 7) is 0.752. The number of methoxy groups -OCH3 is 1. The third-order valence-electron chi connectivity index (χ3n) is 6.24. The fourth-order valence-electron chi connectivity index (χ4n) is 4.46. The number of carbonyl (C=O) groups is 2. The molecule has 6 rings (SSSR count). The highest BCUT2D eigenvalue weighted by Crippen LogP contribution is 2.45. The quantitative estimate of drug-likeness (QED) is 0.235. The lowest BCUT2D eigenvalue weighted by Gasteiger charge is -2.23. The van der Waals surface area contributed by atoms with Crippen LogP contribution in [-0.2, 0) is 9.59 Å². The van der Waals surface area contributed by atoms with Gasteiger partial charge in [0.1, 0.15) is 30.5 Å². The number of amides is 1. The van der Waals surface area contributed by atoms with Gasteiger partial charge in [-0.2, -0.15) is 0 Å². The van der Waals surface area contributed by atoms with Gasteiger partial charge in [-0.3, -0.25) is 14.5 Å². The number of fused-ring (bicyclic) bond motifs is 2. The molecule has 1 fully saturated rings. The van der Waals surface area contributed by atoms with Crippen molar-refractivity contribution in [2.45, 2.75) is 6.04 Å². The number of Topliss-reactive ketones (excluding diaryl/α,β-unsaturated/α-hetero) is 1. The predicted octanol–water partition coefficient (Wildman–Crippen LogP) is 4.84. The van der Waals surface area contributed by atoms with Crippen LogP contribution in [0.5, 0.6) is 17.2 Å². The second kappa shape index (κ2) is 8.90. The molecule has 1 N–H and O–H groups in total. The van der Waals surface area contributed by atoms with Crippen LogP contribution in [0.3, 0.4) is 0 Å². The molecular weight excluding hydrogens is 499 g/mol. The van der Waals surface area contributed by atoms with Crippen molar-refractivity contribution in [3.8, 4) is 17.2 Å². The Labute approximate surface area is 214 Å². The number of aromatic nitrogens is 1. The van der Waals surface area contributed by atoms with Gasteiger partial charge >= 0.3 is 5.91 Å². The van der Waals surface area contributed by atoms with Gasteiger partial charge in [-0.25, -0.2) is 9.37 Å². The number of rotatable bonds is 4. The Bertz CT molecular complexity index is 1600. The third-order valence-corrected chi connectivity index (χ3v) is 7.25. The zero-order chi connectivity index (χ0) is 25.7. The van der Waals surface area contributed by atoms with Crippen LogP contribution in [0.15, 0.2) is 66.2 Å². The van der Waals surface area contributed by atoms with Crippen molar-refractivity contribution in [2.24, 2.45) is 0 Å². The number of carbonyl (C=O) groups excluding carboxylic acids is 2. The van der Waals surface area contributed by atoms with E-state index in [9.17, 15) is 19.1 Å². The Morgan fingerprint density at radius 3 is 2.57 bits per heavy atom.